The van der Waals surface area contributed by atoms with Crippen LogP contribution in [0.4, 0.5) is 10.9 Å². The fourth-order valence-corrected chi connectivity index (χ4v) is 3.28. The van der Waals surface area contributed by atoms with Gasteiger partial charge in [-0.05, 0) is 20.8 Å². The number of nitrogen functional groups attached to an aromatic ring is 1. The van der Waals surface area contributed by atoms with Crippen LogP contribution in [0.2, 0.25) is 0 Å². The van der Waals surface area contributed by atoms with Crippen molar-refractivity contribution in [3.63, 3.8) is 0 Å². The Kier molecular flexibility index (Phi) is 4.56. The van der Waals surface area contributed by atoms with Crippen LogP contribution in [0.1, 0.15) is 40.3 Å². The summed E-state index contributed by atoms with van der Waals surface area (Å²) in [7, 11) is 0. The molecule has 0 aliphatic rings. The minimum atomic E-state index is -0.218. The van der Waals surface area contributed by atoms with Gasteiger partial charge in [0.25, 0.3) is 5.91 Å². The number of carbonyl (C=O) groups excluding carboxylic acids is 1. The molecule has 0 fully saturated rings. The summed E-state index contributed by atoms with van der Waals surface area (Å²) in [6, 6.07) is -0.148. The smallest absolute Gasteiger partial charge is 0.265 e. The predicted molar refractivity (Wildman–Crippen MR) is 83.4 cm³/mol. The molecule has 0 saturated heterocycles. The van der Waals surface area contributed by atoms with Crippen LogP contribution in [0, 0.1) is 6.92 Å². The van der Waals surface area contributed by atoms with E-state index in [4.69, 9.17) is 5.73 Å². The van der Waals surface area contributed by atoms with Gasteiger partial charge in [0.15, 0.2) is 5.13 Å². The number of amides is 1. The van der Waals surface area contributed by atoms with Gasteiger partial charge in [0.05, 0.1) is 6.04 Å². The summed E-state index contributed by atoms with van der Waals surface area (Å²) < 4.78 is 0. The maximum Gasteiger partial charge on any atom is 0.265 e. The number of hydrogen-bond donors (Lipinski definition) is 3. The number of anilines is 2. The van der Waals surface area contributed by atoms with Gasteiger partial charge in [-0.1, -0.05) is 11.3 Å². The van der Waals surface area contributed by atoms with E-state index >= 15 is 0 Å². The molecule has 8 heteroatoms. The number of carbonyl (C=O) groups is 1. The van der Waals surface area contributed by atoms with Crippen LogP contribution in [0.3, 0.4) is 0 Å². The van der Waals surface area contributed by atoms with Crippen LogP contribution in [-0.4, -0.2) is 22.4 Å². The summed E-state index contributed by atoms with van der Waals surface area (Å²) in [6.45, 7) is 6.53. The molecule has 2 aromatic rings. The van der Waals surface area contributed by atoms with Crippen molar-refractivity contribution in [2.24, 2.45) is 0 Å². The monoisotopic (exact) mass is 311 g/mol. The normalized spacial score (nSPS) is 12.2. The lowest BCUT2D eigenvalue weighted by Gasteiger charge is -2.10. The zero-order valence-electron chi connectivity index (χ0n) is 11.6. The first-order chi connectivity index (χ1) is 9.51. The number of nitrogens with zero attached hydrogens (tertiary/aromatic N) is 2. The lowest BCUT2D eigenvalue weighted by atomic mass is 10.3. The Morgan fingerprint density at radius 2 is 2.25 bits per heavy atom. The average Bonchev–Trinajstić information content (AvgIpc) is 2.96. The summed E-state index contributed by atoms with van der Waals surface area (Å²) in [5.74, 6) is 0.0375. The average molecular weight is 311 g/mol. The topological polar surface area (TPSA) is 92.9 Å². The molecule has 0 aromatic carbocycles. The number of hydrogen-bond acceptors (Lipinski definition) is 7. The van der Waals surface area contributed by atoms with Crippen molar-refractivity contribution in [1.82, 2.24) is 15.3 Å². The van der Waals surface area contributed by atoms with Gasteiger partial charge >= 0.3 is 0 Å². The van der Waals surface area contributed by atoms with Gasteiger partial charge in [0.2, 0.25) is 0 Å². The molecule has 4 N–H and O–H groups in total. The van der Waals surface area contributed by atoms with Crippen LogP contribution in [0.25, 0.3) is 0 Å². The molecule has 1 atom stereocenters. The summed E-state index contributed by atoms with van der Waals surface area (Å²) in [5.41, 5.74) is 6.73. The summed E-state index contributed by atoms with van der Waals surface area (Å²) >= 11 is 2.79. The van der Waals surface area contributed by atoms with Crippen molar-refractivity contribution in [1.29, 1.82) is 0 Å². The van der Waals surface area contributed by atoms with E-state index in [0.717, 1.165) is 17.2 Å². The number of rotatable bonds is 5. The van der Waals surface area contributed by atoms with E-state index in [-0.39, 0.29) is 17.8 Å². The molecule has 1 unspecified atom stereocenters. The first-order valence-electron chi connectivity index (χ1n) is 6.24. The van der Waals surface area contributed by atoms with Crippen LogP contribution >= 0.6 is 22.7 Å². The van der Waals surface area contributed by atoms with Gasteiger partial charge in [0.1, 0.15) is 15.7 Å². The second-order valence-corrected chi connectivity index (χ2v) is 6.17. The van der Waals surface area contributed by atoms with Crippen molar-refractivity contribution in [3.05, 3.63) is 21.0 Å². The van der Waals surface area contributed by atoms with Crippen LogP contribution < -0.4 is 16.4 Å². The van der Waals surface area contributed by atoms with Crippen molar-refractivity contribution in [2.45, 2.75) is 26.8 Å². The Morgan fingerprint density at radius 3 is 2.85 bits per heavy atom. The number of thiazole rings is 2. The van der Waals surface area contributed by atoms with Gasteiger partial charge in [0, 0.05) is 17.6 Å². The Morgan fingerprint density at radius 1 is 1.50 bits per heavy atom. The van der Waals surface area contributed by atoms with Crippen molar-refractivity contribution in [3.8, 4) is 0 Å². The molecule has 0 saturated carbocycles. The van der Waals surface area contributed by atoms with Crippen molar-refractivity contribution < 1.29 is 4.79 Å². The van der Waals surface area contributed by atoms with Crippen LogP contribution in [-0.2, 0) is 0 Å². The highest BCUT2D eigenvalue weighted by molar-refractivity contribution is 7.18. The molecule has 1 amide bonds. The van der Waals surface area contributed by atoms with Gasteiger partial charge in [-0.3, -0.25) is 4.79 Å². The third-order valence-electron chi connectivity index (χ3n) is 2.54. The maximum atomic E-state index is 12.2. The Balaban J connectivity index is 2.08. The van der Waals surface area contributed by atoms with Gasteiger partial charge in [-0.25, -0.2) is 9.97 Å². The summed E-state index contributed by atoms with van der Waals surface area (Å²) in [5, 5.41) is 9.44. The van der Waals surface area contributed by atoms with E-state index in [2.05, 4.69) is 20.6 Å². The lowest BCUT2D eigenvalue weighted by Crippen LogP contribution is -2.26. The molecule has 108 valence electrons. The van der Waals surface area contributed by atoms with Gasteiger partial charge < -0.3 is 16.4 Å². The minimum absolute atomic E-state index is 0.148. The highest BCUT2D eigenvalue weighted by Crippen LogP contribution is 2.26. The highest BCUT2D eigenvalue weighted by atomic mass is 32.1. The number of nitrogens with two attached hydrogens (primary N) is 1. The molecular weight excluding hydrogens is 294 g/mol. The first-order valence-corrected chi connectivity index (χ1v) is 7.94. The number of nitrogens with one attached hydrogen (secondary N) is 2. The molecule has 0 aliphatic heterocycles. The molecule has 2 aromatic heterocycles. The van der Waals surface area contributed by atoms with E-state index in [1.54, 1.807) is 0 Å². The lowest BCUT2D eigenvalue weighted by molar-refractivity contribution is 0.0944. The Labute approximate surface area is 125 Å². The molecule has 0 radical (unpaired) electrons. The zero-order valence-corrected chi connectivity index (χ0v) is 13.2. The third kappa shape index (κ3) is 3.26. The number of aromatic nitrogens is 2. The molecule has 2 rings (SSSR count). The minimum Gasteiger partial charge on any atom is -0.382 e. The van der Waals surface area contributed by atoms with E-state index in [9.17, 15) is 4.79 Å². The maximum absolute atomic E-state index is 12.2. The molecule has 2 heterocycles. The molecule has 0 bridgehead atoms. The second-order valence-electron chi connectivity index (χ2n) is 4.29. The van der Waals surface area contributed by atoms with Gasteiger partial charge in [-0.2, -0.15) is 0 Å². The molecule has 0 aliphatic carbocycles. The van der Waals surface area contributed by atoms with Crippen molar-refractivity contribution in [2.75, 3.05) is 17.6 Å². The Bertz CT molecular complexity index is 607. The van der Waals surface area contributed by atoms with E-state index in [1.807, 2.05) is 26.2 Å². The molecule has 0 spiro atoms. The number of aryl methyl sites for hydroxylation is 1. The van der Waals surface area contributed by atoms with Crippen LogP contribution in [0.15, 0.2) is 5.38 Å². The summed E-state index contributed by atoms with van der Waals surface area (Å²) in [6.07, 6.45) is 0. The molecule has 20 heavy (non-hydrogen) atoms. The standard InChI is InChI=1S/C12H17N5OS2/c1-4-14-12-17-9(13)8(20-12)10(18)16-7(3)11-15-6(2)5-19-11/h5,7H,4,13H2,1-3H3,(H,14,17)(H,16,18). The third-order valence-corrected chi connectivity index (χ3v) is 4.72. The quantitative estimate of drug-likeness (QED) is 0.788. The Hall–Kier alpha value is -1.67. The second kappa shape index (κ2) is 6.19. The van der Waals surface area contributed by atoms with E-state index in [0.29, 0.717) is 10.0 Å². The predicted octanol–water partition coefficient (Wildman–Crippen LogP) is 2.41. The highest BCUT2D eigenvalue weighted by Gasteiger charge is 2.19. The first kappa shape index (κ1) is 14.7. The largest absolute Gasteiger partial charge is 0.382 e. The SMILES string of the molecule is CCNc1nc(N)c(C(=O)NC(C)c2nc(C)cs2)s1. The molecular formula is C12H17N5OS2. The fraction of sp³-hybridized carbons (Fsp3) is 0.417. The van der Waals surface area contributed by atoms with Crippen LogP contribution in [0.5, 0.6) is 0 Å². The van der Waals surface area contributed by atoms with E-state index < -0.39 is 0 Å². The zero-order chi connectivity index (χ0) is 14.7. The van der Waals surface area contributed by atoms with E-state index in [1.165, 1.54) is 22.7 Å². The summed E-state index contributed by atoms with van der Waals surface area (Å²) in [4.78, 5) is 21.1. The fourth-order valence-electron chi connectivity index (χ4n) is 1.62. The van der Waals surface area contributed by atoms with Crippen molar-refractivity contribution >= 4 is 39.5 Å². The van der Waals surface area contributed by atoms with Gasteiger partial charge in [-0.15, -0.1) is 11.3 Å². The molecule has 6 nitrogen and oxygen atoms in total.